The maximum Gasteiger partial charge on any atom is 0.128 e. The average Bonchev–Trinajstić information content (AvgIpc) is 2.39. The Morgan fingerprint density at radius 3 is 2.53 bits per heavy atom. The van der Waals surface area contributed by atoms with E-state index in [1.54, 1.807) is 18.5 Å². The molecule has 4 heteroatoms. The number of halogens is 2. The number of hydrogen-bond donors (Lipinski definition) is 1. The highest BCUT2D eigenvalue weighted by molar-refractivity contribution is 9.10. The molecule has 0 radical (unpaired) electrons. The molecule has 2 N–H and O–H groups in total. The minimum Gasteiger partial charge on any atom is -0.330 e. The predicted octanol–water partition coefficient (Wildman–Crippen LogP) is 3.44. The highest BCUT2D eigenvalue weighted by atomic mass is 79.9. The van der Waals surface area contributed by atoms with Crippen LogP contribution in [-0.4, -0.2) is 11.5 Å². The highest BCUT2D eigenvalue weighted by Gasteiger charge is 2.28. The Balaban J connectivity index is 2.36. The first-order chi connectivity index (χ1) is 9.05. The molecule has 0 spiro atoms. The second kappa shape index (κ2) is 5.80. The third-order valence-electron chi connectivity index (χ3n) is 3.38. The first kappa shape index (κ1) is 14.2. The lowest BCUT2D eigenvalue weighted by molar-refractivity contribution is 0.450. The third-order valence-corrected chi connectivity index (χ3v) is 3.87. The molecule has 0 aliphatic rings. The molecule has 0 bridgehead atoms. The van der Waals surface area contributed by atoms with Gasteiger partial charge in [-0.15, -0.1) is 0 Å². The van der Waals surface area contributed by atoms with Crippen LogP contribution in [0.15, 0.2) is 47.2 Å². The monoisotopic (exact) mass is 322 g/mol. The lowest BCUT2D eigenvalue weighted by atomic mass is 9.77. The second-order valence-electron chi connectivity index (χ2n) is 4.92. The van der Waals surface area contributed by atoms with Crippen LogP contribution in [0.25, 0.3) is 0 Å². The maximum absolute atomic E-state index is 14.1. The molecule has 0 aliphatic heterocycles. The van der Waals surface area contributed by atoms with Crippen LogP contribution in [0.1, 0.15) is 18.1 Å². The molecule has 0 saturated heterocycles. The molecule has 0 saturated carbocycles. The van der Waals surface area contributed by atoms with Crippen molar-refractivity contribution in [3.05, 3.63) is 64.1 Å². The van der Waals surface area contributed by atoms with E-state index >= 15 is 0 Å². The summed E-state index contributed by atoms with van der Waals surface area (Å²) >= 11 is 3.27. The van der Waals surface area contributed by atoms with Crippen molar-refractivity contribution in [3.8, 4) is 0 Å². The summed E-state index contributed by atoms with van der Waals surface area (Å²) in [5, 5.41) is 0. The van der Waals surface area contributed by atoms with Gasteiger partial charge in [0.05, 0.1) is 0 Å². The Kier molecular flexibility index (Phi) is 4.32. The number of benzene rings is 1. The zero-order valence-corrected chi connectivity index (χ0v) is 12.3. The standard InChI is InChI=1S/C15H16BrFN2/c1-15(10-18,9-11-4-6-19-7-5-11)13-3-2-12(16)8-14(13)17/h2-8H,9-10,18H2,1H3. The van der Waals surface area contributed by atoms with Crippen molar-refractivity contribution in [3.63, 3.8) is 0 Å². The maximum atomic E-state index is 14.1. The minimum absolute atomic E-state index is 0.226. The zero-order chi connectivity index (χ0) is 13.9. The van der Waals surface area contributed by atoms with E-state index in [1.807, 2.05) is 25.1 Å². The van der Waals surface area contributed by atoms with Gasteiger partial charge in [0.2, 0.25) is 0 Å². The lowest BCUT2D eigenvalue weighted by Gasteiger charge is -2.29. The first-order valence-electron chi connectivity index (χ1n) is 6.10. The van der Waals surface area contributed by atoms with Crippen molar-refractivity contribution < 1.29 is 4.39 Å². The van der Waals surface area contributed by atoms with Gasteiger partial charge in [0.25, 0.3) is 0 Å². The molecule has 1 aromatic heterocycles. The molecule has 1 heterocycles. The second-order valence-corrected chi connectivity index (χ2v) is 5.84. The molecule has 2 rings (SSSR count). The zero-order valence-electron chi connectivity index (χ0n) is 10.7. The van der Waals surface area contributed by atoms with E-state index < -0.39 is 5.41 Å². The van der Waals surface area contributed by atoms with Crippen LogP contribution in [0, 0.1) is 5.82 Å². The number of nitrogens with zero attached hydrogens (tertiary/aromatic N) is 1. The van der Waals surface area contributed by atoms with Crippen molar-refractivity contribution in [2.24, 2.45) is 5.73 Å². The van der Waals surface area contributed by atoms with Gasteiger partial charge in [-0.25, -0.2) is 4.39 Å². The Morgan fingerprint density at radius 1 is 1.26 bits per heavy atom. The van der Waals surface area contributed by atoms with Gasteiger partial charge < -0.3 is 5.73 Å². The molecule has 1 atom stereocenters. The lowest BCUT2D eigenvalue weighted by Crippen LogP contribution is -2.35. The molecule has 0 aliphatic carbocycles. The Bertz CT molecular complexity index is 559. The van der Waals surface area contributed by atoms with Gasteiger partial charge >= 0.3 is 0 Å². The number of hydrogen-bond acceptors (Lipinski definition) is 2. The van der Waals surface area contributed by atoms with Crippen LogP contribution >= 0.6 is 15.9 Å². The van der Waals surface area contributed by atoms with Gasteiger partial charge in [0.1, 0.15) is 5.82 Å². The smallest absolute Gasteiger partial charge is 0.128 e. The molecule has 100 valence electrons. The first-order valence-corrected chi connectivity index (χ1v) is 6.89. The number of pyridine rings is 1. The predicted molar refractivity (Wildman–Crippen MR) is 78.4 cm³/mol. The van der Waals surface area contributed by atoms with E-state index in [2.05, 4.69) is 20.9 Å². The van der Waals surface area contributed by atoms with Crippen LogP contribution in [0.3, 0.4) is 0 Å². The molecule has 2 nitrogen and oxygen atoms in total. The average molecular weight is 323 g/mol. The minimum atomic E-state index is -0.424. The van der Waals surface area contributed by atoms with Gasteiger partial charge in [-0.1, -0.05) is 28.9 Å². The SMILES string of the molecule is CC(CN)(Cc1ccncc1)c1ccc(Br)cc1F. The largest absolute Gasteiger partial charge is 0.330 e. The van der Waals surface area contributed by atoms with E-state index in [1.165, 1.54) is 6.07 Å². The van der Waals surface area contributed by atoms with Crippen molar-refractivity contribution >= 4 is 15.9 Å². The van der Waals surface area contributed by atoms with Crippen LogP contribution in [-0.2, 0) is 11.8 Å². The fourth-order valence-corrected chi connectivity index (χ4v) is 2.54. The summed E-state index contributed by atoms with van der Waals surface area (Å²) in [5.41, 5.74) is 7.23. The highest BCUT2D eigenvalue weighted by Crippen LogP contribution is 2.30. The van der Waals surface area contributed by atoms with E-state index in [9.17, 15) is 4.39 Å². The fourth-order valence-electron chi connectivity index (χ4n) is 2.21. The van der Waals surface area contributed by atoms with Crippen molar-refractivity contribution in [1.29, 1.82) is 0 Å². The van der Waals surface area contributed by atoms with Gasteiger partial charge in [0.15, 0.2) is 0 Å². The van der Waals surface area contributed by atoms with Gasteiger partial charge in [-0.3, -0.25) is 4.98 Å². The molecule has 19 heavy (non-hydrogen) atoms. The third kappa shape index (κ3) is 3.19. The van der Waals surface area contributed by atoms with E-state index in [0.717, 1.165) is 10.0 Å². The van der Waals surface area contributed by atoms with Crippen LogP contribution in [0.5, 0.6) is 0 Å². The van der Waals surface area contributed by atoms with Crippen molar-refractivity contribution in [1.82, 2.24) is 4.98 Å². The summed E-state index contributed by atoms with van der Waals surface area (Å²) in [6, 6.07) is 9.00. The summed E-state index contributed by atoms with van der Waals surface area (Å²) in [4.78, 5) is 3.99. The van der Waals surface area contributed by atoms with Crippen LogP contribution in [0.4, 0.5) is 4.39 Å². The molecule has 1 aromatic carbocycles. The Hall–Kier alpha value is -1.26. The fraction of sp³-hybridized carbons (Fsp3) is 0.267. The summed E-state index contributed by atoms with van der Waals surface area (Å²) in [5.74, 6) is -0.226. The van der Waals surface area contributed by atoms with Crippen LogP contribution < -0.4 is 5.73 Å². The normalized spacial score (nSPS) is 14.1. The van der Waals surface area contributed by atoms with Gasteiger partial charge in [-0.05, 0) is 41.8 Å². The molecule has 0 amide bonds. The summed E-state index contributed by atoms with van der Waals surface area (Å²) in [7, 11) is 0. The summed E-state index contributed by atoms with van der Waals surface area (Å²) < 4.78 is 14.9. The van der Waals surface area contributed by atoms with Gasteiger partial charge in [0, 0.05) is 28.8 Å². The van der Waals surface area contributed by atoms with Crippen LogP contribution in [0.2, 0.25) is 0 Å². The quantitative estimate of drug-likeness (QED) is 0.936. The topological polar surface area (TPSA) is 38.9 Å². The van der Waals surface area contributed by atoms with E-state index in [-0.39, 0.29) is 5.82 Å². The summed E-state index contributed by atoms with van der Waals surface area (Å²) in [6.45, 7) is 2.37. The molecule has 0 fully saturated rings. The van der Waals surface area contributed by atoms with Crippen molar-refractivity contribution in [2.75, 3.05) is 6.54 Å². The molecule has 2 aromatic rings. The Labute approximate surface area is 121 Å². The number of rotatable bonds is 4. The molecular formula is C15H16BrFN2. The van der Waals surface area contributed by atoms with Gasteiger partial charge in [-0.2, -0.15) is 0 Å². The summed E-state index contributed by atoms with van der Waals surface area (Å²) in [6.07, 6.45) is 4.17. The Morgan fingerprint density at radius 2 is 1.95 bits per heavy atom. The number of nitrogens with two attached hydrogens (primary N) is 1. The van der Waals surface area contributed by atoms with E-state index in [0.29, 0.717) is 18.5 Å². The molecular weight excluding hydrogens is 307 g/mol. The van der Waals surface area contributed by atoms with Crippen molar-refractivity contribution in [2.45, 2.75) is 18.8 Å². The molecule has 1 unspecified atom stereocenters. The number of aromatic nitrogens is 1. The van der Waals surface area contributed by atoms with E-state index in [4.69, 9.17) is 5.73 Å².